The number of aldehydes is 1. The predicted molar refractivity (Wildman–Crippen MR) is 61.5 cm³/mol. The lowest BCUT2D eigenvalue weighted by Gasteiger charge is -2.01. The zero-order valence-corrected chi connectivity index (χ0v) is 9.81. The fourth-order valence-corrected chi connectivity index (χ4v) is 2.71. The number of carbonyl (C=O) groups is 1. The number of hydrogen-bond donors (Lipinski definition) is 0. The summed E-state index contributed by atoms with van der Waals surface area (Å²) in [5, 5.41) is 2.80. The molecule has 0 saturated carbocycles. The highest BCUT2D eigenvalue weighted by atomic mass is 79.9. The second-order valence-corrected chi connectivity index (χ2v) is 4.52. The first-order valence-corrected chi connectivity index (χ1v) is 5.64. The Labute approximate surface area is 93.6 Å². The zero-order valence-electron chi connectivity index (χ0n) is 7.41. The van der Waals surface area contributed by atoms with E-state index < -0.39 is 0 Å². The first-order valence-electron chi connectivity index (χ1n) is 3.96. The van der Waals surface area contributed by atoms with E-state index in [1.165, 1.54) is 0 Å². The summed E-state index contributed by atoms with van der Waals surface area (Å²) >= 11 is 4.92. The number of thiophene rings is 1. The van der Waals surface area contributed by atoms with Gasteiger partial charge in [-0.2, -0.15) is 0 Å². The summed E-state index contributed by atoms with van der Waals surface area (Å²) in [6, 6.07) is 3.85. The molecule has 0 bridgehead atoms. The maximum Gasteiger partial charge on any atom is 0.151 e. The van der Waals surface area contributed by atoms with Crippen LogP contribution in [-0.4, -0.2) is 13.4 Å². The number of benzene rings is 1. The highest BCUT2D eigenvalue weighted by Gasteiger charge is 2.11. The Kier molecular flexibility index (Phi) is 2.56. The average Bonchev–Trinajstić information content (AvgIpc) is 2.61. The van der Waals surface area contributed by atoms with Crippen LogP contribution in [0.4, 0.5) is 0 Å². The van der Waals surface area contributed by atoms with Crippen molar-refractivity contribution in [2.45, 2.75) is 0 Å². The smallest absolute Gasteiger partial charge is 0.151 e. The van der Waals surface area contributed by atoms with Crippen LogP contribution in [0.3, 0.4) is 0 Å². The topological polar surface area (TPSA) is 26.3 Å². The number of hydrogen-bond acceptors (Lipinski definition) is 3. The van der Waals surface area contributed by atoms with Gasteiger partial charge < -0.3 is 4.74 Å². The normalized spacial score (nSPS) is 10.4. The maximum absolute atomic E-state index is 10.9. The molecular formula is C10H7BrO2S. The molecule has 1 heterocycles. The number of methoxy groups -OCH3 is 1. The summed E-state index contributed by atoms with van der Waals surface area (Å²) < 4.78 is 7.06. The van der Waals surface area contributed by atoms with E-state index >= 15 is 0 Å². The lowest BCUT2D eigenvalue weighted by atomic mass is 10.1. The molecule has 0 fully saturated rings. The van der Waals surface area contributed by atoms with Gasteiger partial charge in [0.25, 0.3) is 0 Å². The van der Waals surface area contributed by atoms with Gasteiger partial charge in [-0.25, -0.2) is 0 Å². The van der Waals surface area contributed by atoms with Crippen LogP contribution >= 0.6 is 27.3 Å². The van der Waals surface area contributed by atoms with E-state index in [0.29, 0.717) is 5.56 Å². The third kappa shape index (κ3) is 1.35. The molecule has 72 valence electrons. The van der Waals surface area contributed by atoms with Crippen LogP contribution in [0.15, 0.2) is 22.0 Å². The lowest BCUT2D eigenvalue weighted by Crippen LogP contribution is -1.86. The van der Waals surface area contributed by atoms with Gasteiger partial charge in [0, 0.05) is 25.5 Å². The van der Waals surface area contributed by atoms with Crippen molar-refractivity contribution >= 4 is 43.6 Å². The molecule has 14 heavy (non-hydrogen) atoms. The highest BCUT2D eigenvalue weighted by molar-refractivity contribution is 9.10. The van der Waals surface area contributed by atoms with Gasteiger partial charge in [-0.3, -0.25) is 4.79 Å². The second-order valence-electron chi connectivity index (χ2n) is 2.76. The monoisotopic (exact) mass is 270 g/mol. The summed E-state index contributed by atoms with van der Waals surface area (Å²) in [7, 11) is 1.61. The molecule has 0 amide bonds. The van der Waals surface area contributed by atoms with E-state index in [2.05, 4.69) is 15.9 Å². The van der Waals surface area contributed by atoms with Gasteiger partial charge in [-0.05, 0) is 12.1 Å². The van der Waals surface area contributed by atoms with E-state index in [9.17, 15) is 4.79 Å². The third-order valence-corrected chi connectivity index (χ3v) is 3.65. The molecule has 0 saturated heterocycles. The summed E-state index contributed by atoms with van der Waals surface area (Å²) in [6.07, 6.45) is 0.849. The van der Waals surface area contributed by atoms with Crippen molar-refractivity contribution < 1.29 is 9.53 Å². The number of rotatable bonds is 2. The van der Waals surface area contributed by atoms with E-state index in [1.54, 1.807) is 18.4 Å². The third-order valence-electron chi connectivity index (χ3n) is 2.03. The van der Waals surface area contributed by atoms with Gasteiger partial charge in [-0.15, -0.1) is 11.3 Å². The Balaban J connectivity index is 2.88. The molecule has 2 aromatic rings. The Morgan fingerprint density at radius 2 is 2.29 bits per heavy atom. The van der Waals surface area contributed by atoms with E-state index in [0.717, 1.165) is 26.6 Å². The molecule has 0 N–H and O–H groups in total. The predicted octanol–water partition coefficient (Wildman–Crippen LogP) is 3.48. The van der Waals surface area contributed by atoms with E-state index in [1.807, 2.05) is 17.5 Å². The highest BCUT2D eigenvalue weighted by Crippen LogP contribution is 2.36. The zero-order chi connectivity index (χ0) is 10.1. The number of fused-ring (bicyclic) bond motifs is 1. The van der Waals surface area contributed by atoms with Gasteiger partial charge in [0.05, 0.1) is 7.11 Å². The molecule has 2 nitrogen and oxygen atoms in total. The molecule has 0 atom stereocenters. The fraction of sp³-hybridized carbons (Fsp3) is 0.100. The minimum Gasteiger partial charge on any atom is -0.495 e. The van der Waals surface area contributed by atoms with Crippen LogP contribution in [-0.2, 0) is 0 Å². The van der Waals surface area contributed by atoms with Crippen molar-refractivity contribution in [3.8, 4) is 5.75 Å². The van der Waals surface area contributed by atoms with Gasteiger partial charge >= 0.3 is 0 Å². The van der Waals surface area contributed by atoms with E-state index in [4.69, 9.17) is 4.74 Å². The molecule has 0 aliphatic rings. The van der Waals surface area contributed by atoms with Crippen LogP contribution in [0, 0.1) is 0 Å². The average molecular weight is 271 g/mol. The molecule has 0 unspecified atom stereocenters. The van der Waals surface area contributed by atoms with Gasteiger partial charge in [-0.1, -0.05) is 15.9 Å². The number of carbonyl (C=O) groups excluding carboxylic acids is 1. The van der Waals surface area contributed by atoms with Crippen molar-refractivity contribution in [3.05, 3.63) is 27.5 Å². The van der Waals surface area contributed by atoms with Crippen LogP contribution in [0.2, 0.25) is 0 Å². The Bertz CT molecular complexity index is 490. The van der Waals surface area contributed by atoms with Crippen LogP contribution in [0.1, 0.15) is 10.4 Å². The molecule has 0 radical (unpaired) electrons. The largest absolute Gasteiger partial charge is 0.495 e. The molecule has 0 aliphatic heterocycles. The first-order chi connectivity index (χ1) is 6.77. The Morgan fingerprint density at radius 1 is 1.50 bits per heavy atom. The molecule has 4 heteroatoms. The Morgan fingerprint density at radius 3 is 2.93 bits per heavy atom. The summed E-state index contributed by atoms with van der Waals surface area (Å²) in [5.74, 6) is 0.758. The van der Waals surface area contributed by atoms with Crippen molar-refractivity contribution in [3.63, 3.8) is 0 Å². The number of ether oxygens (including phenoxy) is 1. The summed E-state index contributed by atoms with van der Waals surface area (Å²) in [4.78, 5) is 10.9. The van der Waals surface area contributed by atoms with Crippen molar-refractivity contribution in [2.75, 3.05) is 7.11 Å². The van der Waals surface area contributed by atoms with Crippen LogP contribution in [0.5, 0.6) is 5.75 Å². The molecule has 1 aromatic heterocycles. The Hall–Kier alpha value is -0.870. The molecule has 0 spiro atoms. The number of halogens is 1. The first kappa shape index (κ1) is 9.68. The lowest BCUT2D eigenvalue weighted by molar-refractivity contribution is 0.112. The van der Waals surface area contributed by atoms with Gasteiger partial charge in [0.1, 0.15) is 5.75 Å². The maximum atomic E-state index is 10.9. The van der Waals surface area contributed by atoms with E-state index in [-0.39, 0.29) is 0 Å². The standard InChI is InChI=1S/C10H7BrO2S/c1-13-8-5-14-9-3-2-7(11)6(4-12)10(8)9/h2-5H,1H3. The minimum absolute atomic E-state index is 0.653. The van der Waals surface area contributed by atoms with Gasteiger partial charge in [0.2, 0.25) is 0 Å². The fourth-order valence-electron chi connectivity index (χ4n) is 1.37. The molecule has 1 aromatic carbocycles. The second kappa shape index (κ2) is 3.71. The molecule has 2 rings (SSSR count). The van der Waals surface area contributed by atoms with Crippen LogP contribution < -0.4 is 4.74 Å². The van der Waals surface area contributed by atoms with Crippen LogP contribution in [0.25, 0.3) is 10.1 Å². The molecule has 0 aliphatic carbocycles. The van der Waals surface area contributed by atoms with Crippen molar-refractivity contribution in [1.29, 1.82) is 0 Å². The van der Waals surface area contributed by atoms with Crippen molar-refractivity contribution in [1.82, 2.24) is 0 Å². The summed E-state index contributed by atoms with van der Waals surface area (Å²) in [5.41, 5.74) is 0.653. The minimum atomic E-state index is 0.653. The van der Waals surface area contributed by atoms with Gasteiger partial charge in [0.15, 0.2) is 6.29 Å². The van der Waals surface area contributed by atoms with Crippen molar-refractivity contribution in [2.24, 2.45) is 0 Å². The SMILES string of the molecule is COc1csc2ccc(Br)c(C=O)c12. The summed E-state index contributed by atoms with van der Waals surface area (Å²) in [6.45, 7) is 0. The quantitative estimate of drug-likeness (QED) is 0.781. The molecular weight excluding hydrogens is 264 g/mol.